The highest BCUT2D eigenvalue weighted by Gasteiger charge is 2.34. The number of nitrogens with zero attached hydrogens (tertiary/aromatic N) is 3. The number of carbonyl (C=O) groups is 1. The summed E-state index contributed by atoms with van der Waals surface area (Å²) < 4.78 is 5.51. The van der Waals surface area contributed by atoms with Gasteiger partial charge in [-0.1, -0.05) is 13.8 Å². The first kappa shape index (κ1) is 20.5. The molecule has 1 N–H and O–H groups in total. The van der Waals surface area contributed by atoms with Crippen LogP contribution in [-0.4, -0.2) is 91.3 Å². The molecule has 2 heterocycles. The zero-order chi connectivity index (χ0) is 18.4. The third-order valence-corrected chi connectivity index (χ3v) is 5.41. The lowest BCUT2D eigenvalue weighted by Gasteiger charge is -2.45. The van der Waals surface area contributed by atoms with Gasteiger partial charge >= 0.3 is 6.09 Å². The Kier molecular flexibility index (Phi) is 7.52. The Morgan fingerprint density at radius 3 is 2.36 bits per heavy atom. The highest BCUT2D eigenvalue weighted by Crippen LogP contribution is 2.22. The van der Waals surface area contributed by atoms with Gasteiger partial charge < -0.3 is 19.9 Å². The van der Waals surface area contributed by atoms with Gasteiger partial charge in [0.15, 0.2) is 0 Å². The van der Waals surface area contributed by atoms with Gasteiger partial charge in [0.25, 0.3) is 0 Å². The second-order valence-electron chi connectivity index (χ2n) is 8.31. The van der Waals surface area contributed by atoms with Crippen molar-refractivity contribution in [3.8, 4) is 0 Å². The second kappa shape index (κ2) is 9.19. The van der Waals surface area contributed by atoms with Crippen molar-refractivity contribution in [2.75, 3.05) is 58.9 Å². The van der Waals surface area contributed by atoms with Crippen LogP contribution in [0.4, 0.5) is 4.79 Å². The van der Waals surface area contributed by atoms with E-state index in [0.29, 0.717) is 12.0 Å². The number of rotatable bonds is 5. The van der Waals surface area contributed by atoms with Gasteiger partial charge in [-0.15, -0.1) is 0 Å². The van der Waals surface area contributed by atoms with Crippen molar-refractivity contribution in [3.05, 3.63) is 0 Å². The Morgan fingerprint density at radius 2 is 1.80 bits per heavy atom. The van der Waals surface area contributed by atoms with Crippen LogP contribution in [0.2, 0.25) is 0 Å². The Hall–Kier alpha value is -0.850. The zero-order valence-electron chi connectivity index (χ0n) is 16.9. The summed E-state index contributed by atoms with van der Waals surface area (Å²) in [6, 6.07) is 0.579. The Labute approximate surface area is 153 Å². The van der Waals surface area contributed by atoms with Crippen molar-refractivity contribution in [1.82, 2.24) is 20.0 Å². The zero-order valence-corrected chi connectivity index (χ0v) is 16.9. The highest BCUT2D eigenvalue weighted by molar-refractivity contribution is 5.68. The number of carbonyl (C=O) groups excluding carboxylic acids is 1. The van der Waals surface area contributed by atoms with Crippen molar-refractivity contribution in [2.24, 2.45) is 5.92 Å². The lowest BCUT2D eigenvalue weighted by molar-refractivity contribution is 0.00237. The number of piperidine rings is 1. The Bertz CT molecular complexity index is 412. The molecule has 2 atom stereocenters. The maximum absolute atomic E-state index is 12.3. The summed E-state index contributed by atoms with van der Waals surface area (Å²) in [6.45, 7) is 19.3. The van der Waals surface area contributed by atoms with Gasteiger partial charge in [0, 0.05) is 45.3 Å². The van der Waals surface area contributed by atoms with E-state index in [1.807, 2.05) is 25.7 Å². The number of hydrogen-bond donors (Lipinski definition) is 1. The first-order valence-electron chi connectivity index (χ1n) is 9.99. The molecule has 1 amide bonds. The molecule has 146 valence electrons. The predicted octanol–water partition coefficient (Wildman–Crippen LogP) is 1.86. The third-order valence-electron chi connectivity index (χ3n) is 5.41. The van der Waals surface area contributed by atoms with Crippen LogP contribution in [-0.2, 0) is 4.74 Å². The van der Waals surface area contributed by atoms with Gasteiger partial charge in [0.05, 0.1) is 0 Å². The van der Waals surface area contributed by atoms with Gasteiger partial charge in [-0.25, -0.2) is 4.79 Å². The minimum Gasteiger partial charge on any atom is -0.444 e. The van der Waals surface area contributed by atoms with Crippen LogP contribution in [0.3, 0.4) is 0 Å². The number of ether oxygens (including phenoxy) is 1. The Balaban J connectivity index is 1.88. The average Bonchev–Trinajstić information content (AvgIpc) is 2.58. The summed E-state index contributed by atoms with van der Waals surface area (Å²) in [5.74, 6) is 0.717. The van der Waals surface area contributed by atoms with Gasteiger partial charge in [0.1, 0.15) is 5.60 Å². The molecule has 25 heavy (non-hydrogen) atoms. The lowest BCUT2D eigenvalue weighted by Crippen LogP contribution is -2.59. The molecule has 0 aromatic carbocycles. The van der Waals surface area contributed by atoms with Crippen LogP contribution < -0.4 is 5.32 Å². The number of hydrogen-bond acceptors (Lipinski definition) is 5. The predicted molar refractivity (Wildman–Crippen MR) is 102 cm³/mol. The van der Waals surface area contributed by atoms with Crippen LogP contribution in [0.15, 0.2) is 0 Å². The molecule has 0 bridgehead atoms. The summed E-state index contributed by atoms with van der Waals surface area (Å²) in [5, 5.41) is 3.57. The molecule has 2 unspecified atom stereocenters. The fourth-order valence-corrected chi connectivity index (χ4v) is 3.91. The molecule has 2 aliphatic rings. The maximum Gasteiger partial charge on any atom is 0.410 e. The Morgan fingerprint density at radius 1 is 1.16 bits per heavy atom. The van der Waals surface area contributed by atoms with Crippen LogP contribution >= 0.6 is 0 Å². The summed E-state index contributed by atoms with van der Waals surface area (Å²) in [7, 11) is 0. The van der Waals surface area contributed by atoms with Crippen LogP contribution in [0, 0.1) is 5.92 Å². The van der Waals surface area contributed by atoms with E-state index in [4.69, 9.17) is 4.74 Å². The van der Waals surface area contributed by atoms with E-state index in [1.54, 1.807) is 0 Å². The quantitative estimate of drug-likeness (QED) is 0.817. The van der Waals surface area contributed by atoms with Crippen molar-refractivity contribution in [2.45, 2.75) is 52.7 Å². The standard InChI is InChI=1S/C19H38N4O2/c1-6-21(7-2)15-16-8-9-20-14-17(16)22-10-12-23(13-11-22)18(24)25-19(3,4)5/h16-17,20H,6-15H2,1-5H3. The summed E-state index contributed by atoms with van der Waals surface area (Å²) in [4.78, 5) is 19.2. The molecule has 0 spiro atoms. The monoisotopic (exact) mass is 354 g/mol. The molecule has 6 heteroatoms. The van der Waals surface area contributed by atoms with E-state index in [-0.39, 0.29) is 6.09 Å². The van der Waals surface area contributed by atoms with Crippen LogP contribution in [0.5, 0.6) is 0 Å². The van der Waals surface area contributed by atoms with Crippen molar-refractivity contribution in [1.29, 1.82) is 0 Å². The van der Waals surface area contributed by atoms with E-state index >= 15 is 0 Å². The largest absolute Gasteiger partial charge is 0.444 e. The van der Waals surface area contributed by atoms with E-state index in [1.165, 1.54) is 13.0 Å². The normalized spacial score (nSPS) is 26.1. The average molecular weight is 355 g/mol. The SMILES string of the molecule is CCN(CC)CC1CCNCC1N1CCN(C(=O)OC(C)(C)C)CC1. The molecule has 6 nitrogen and oxygen atoms in total. The molecule has 0 radical (unpaired) electrons. The molecule has 0 saturated carbocycles. The topological polar surface area (TPSA) is 48.0 Å². The molecule has 0 aliphatic carbocycles. The van der Waals surface area contributed by atoms with Crippen LogP contribution in [0.25, 0.3) is 0 Å². The molecular weight excluding hydrogens is 316 g/mol. The molecule has 0 aromatic heterocycles. The summed E-state index contributed by atoms with van der Waals surface area (Å²) >= 11 is 0. The highest BCUT2D eigenvalue weighted by atomic mass is 16.6. The first-order valence-corrected chi connectivity index (χ1v) is 9.99. The number of nitrogens with one attached hydrogen (secondary N) is 1. The third kappa shape index (κ3) is 6.12. The van der Waals surface area contributed by atoms with E-state index in [0.717, 1.165) is 52.4 Å². The van der Waals surface area contributed by atoms with Crippen LogP contribution in [0.1, 0.15) is 41.0 Å². The van der Waals surface area contributed by atoms with E-state index in [9.17, 15) is 4.79 Å². The minimum atomic E-state index is -0.420. The fourth-order valence-electron chi connectivity index (χ4n) is 3.91. The maximum atomic E-state index is 12.3. The van der Waals surface area contributed by atoms with Crippen molar-refractivity contribution in [3.63, 3.8) is 0 Å². The lowest BCUT2D eigenvalue weighted by atomic mass is 9.90. The van der Waals surface area contributed by atoms with Crippen molar-refractivity contribution < 1.29 is 9.53 Å². The molecule has 2 fully saturated rings. The number of amides is 1. The fraction of sp³-hybridized carbons (Fsp3) is 0.947. The smallest absolute Gasteiger partial charge is 0.410 e. The van der Waals surface area contributed by atoms with Crippen molar-refractivity contribution >= 4 is 6.09 Å². The van der Waals surface area contributed by atoms with E-state index < -0.39 is 5.60 Å². The van der Waals surface area contributed by atoms with Gasteiger partial charge in [-0.2, -0.15) is 0 Å². The van der Waals surface area contributed by atoms with Gasteiger partial charge in [-0.05, 0) is 52.7 Å². The van der Waals surface area contributed by atoms with E-state index in [2.05, 4.69) is 29.0 Å². The first-order chi connectivity index (χ1) is 11.8. The summed E-state index contributed by atoms with van der Waals surface area (Å²) in [6.07, 6.45) is 1.07. The molecular formula is C19H38N4O2. The molecule has 2 saturated heterocycles. The molecule has 2 aliphatic heterocycles. The molecule has 0 aromatic rings. The number of piperazine rings is 1. The van der Waals surface area contributed by atoms with Gasteiger partial charge in [0.2, 0.25) is 0 Å². The summed E-state index contributed by atoms with van der Waals surface area (Å²) in [5.41, 5.74) is -0.420. The molecule has 2 rings (SSSR count). The minimum absolute atomic E-state index is 0.173. The van der Waals surface area contributed by atoms with Gasteiger partial charge in [-0.3, -0.25) is 4.90 Å². The second-order valence-corrected chi connectivity index (χ2v) is 8.31.